The van der Waals surface area contributed by atoms with Crippen LogP contribution in [0.1, 0.15) is 32.6 Å². The summed E-state index contributed by atoms with van der Waals surface area (Å²) in [6, 6.07) is -1.05. The van der Waals surface area contributed by atoms with Gasteiger partial charge in [-0.25, -0.2) is 4.79 Å². The molecule has 0 aromatic heterocycles. The molecule has 1 fully saturated rings. The molecule has 2 atom stereocenters. The molecule has 0 spiro atoms. The second-order valence-electron chi connectivity index (χ2n) is 4.55. The van der Waals surface area contributed by atoms with Crippen molar-refractivity contribution >= 4 is 29.5 Å². The van der Waals surface area contributed by atoms with E-state index in [0.717, 1.165) is 18.6 Å². The predicted octanol–water partition coefficient (Wildman–Crippen LogP) is 0.107. The molecule has 0 aliphatic carbocycles. The molecule has 1 unspecified atom stereocenters. The van der Waals surface area contributed by atoms with E-state index in [1.165, 1.54) is 11.8 Å². The number of carboxylic acids is 1. The van der Waals surface area contributed by atoms with E-state index in [1.807, 2.05) is 6.92 Å². The molecule has 18 heavy (non-hydrogen) atoms. The van der Waals surface area contributed by atoms with E-state index in [4.69, 9.17) is 10.8 Å². The third kappa shape index (κ3) is 3.90. The van der Waals surface area contributed by atoms with Crippen LogP contribution in [-0.2, 0) is 14.4 Å². The fourth-order valence-corrected chi connectivity index (χ4v) is 3.03. The minimum atomic E-state index is -1.14. The quantitative estimate of drug-likeness (QED) is 0.636. The second-order valence-corrected chi connectivity index (χ2v) is 6.15. The largest absolute Gasteiger partial charge is 0.480 e. The number of carboxylic acid groups (broad SMARTS) is 1. The van der Waals surface area contributed by atoms with Crippen LogP contribution in [-0.4, -0.2) is 39.4 Å². The topological polar surface area (TPSA) is 109 Å². The molecule has 0 radical (unpaired) electrons. The molecular weight excluding hydrogens is 256 g/mol. The van der Waals surface area contributed by atoms with Crippen molar-refractivity contribution in [2.24, 2.45) is 5.73 Å². The van der Waals surface area contributed by atoms with Crippen LogP contribution in [0.4, 0.5) is 0 Å². The maximum absolute atomic E-state index is 12.0. The molecule has 6 nitrogen and oxygen atoms in total. The summed E-state index contributed by atoms with van der Waals surface area (Å²) >= 11 is 1.53. The van der Waals surface area contributed by atoms with E-state index in [1.54, 1.807) is 0 Å². The number of aliphatic carboxylic acids is 1. The fraction of sp³-hybridized carbons (Fsp3) is 0.727. The zero-order valence-corrected chi connectivity index (χ0v) is 11.1. The Morgan fingerprint density at radius 3 is 2.61 bits per heavy atom. The van der Waals surface area contributed by atoms with Crippen LogP contribution in [0.15, 0.2) is 0 Å². The maximum atomic E-state index is 12.0. The summed E-state index contributed by atoms with van der Waals surface area (Å²) in [5.41, 5.74) is 4.97. The van der Waals surface area contributed by atoms with Crippen molar-refractivity contribution in [3.63, 3.8) is 0 Å². The summed E-state index contributed by atoms with van der Waals surface area (Å²) in [6.07, 6.45) is 1.66. The molecule has 102 valence electrons. The van der Waals surface area contributed by atoms with Crippen molar-refractivity contribution in [3.8, 4) is 0 Å². The minimum absolute atomic E-state index is 0.0250. The molecule has 1 aliphatic rings. The second kappa shape index (κ2) is 6.08. The summed E-state index contributed by atoms with van der Waals surface area (Å²) in [5.74, 6) is -1.09. The smallest absolute Gasteiger partial charge is 0.326 e. The third-order valence-corrected chi connectivity index (χ3v) is 4.50. The van der Waals surface area contributed by atoms with Gasteiger partial charge in [0.2, 0.25) is 11.8 Å². The number of amides is 2. The SMILES string of the molecule is CC1(C(=O)N[C@H](CCC(N)=O)C(=O)O)CCCS1. The average molecular weight is 274 g/mol. The van der Waals surface area contributed by atoms with Gasteiger partial charge in [0.15, 0.2) is 0 Å². The van der Waals surface area contributed by atoms with Gasteiger partial charge in [0, 0.05) is 6.42 Å². The predicted molar refractivity (Wildman–Crippen MR) is 68.1 cm³/mol. The number of carbonyl (C=O) groups is 3. The van der Waals surface area contributed by atoms with Gasteiger partial charge in [-0.15, -0.1) is 11.8 Å². The van der Waals surface area contributed by atoms with Crippen LogP contribution in [0, 0.1) is 0 Å². The van der Waals surface area contributed by atoms with E-state index < -0.39 is 22.7 Å². The molecule has 0 saturated carbocycles. The first-order valence-electron chi connectivity index (χ1n) is 5.81. The molecule has 2 amide bonds. The molecule has 0 aromatic carbocycles. The van der Waals surface area contributed by atoms with Crippen molar-refractivity contribution in [1.29, 1.82) is 0 Å². The maximum Gasteiger partial charge on any atom is 0.326 e. The van der Waals surface area contributed by atoms with Crippen molar-refractivity contribution < 1.29 is 19.5 Å². The van der Waals surface area contributed by atoms with Crippen LogP contribution >= 0.6 is 11.8 Å². The number of carbonyl (C=O) groups excluding carboxylic acids is 2. The minimum Gasteiger partial charge on any atom is -0.480 e. The van der Waals surface area contributed by atoms with Gasteiger partial charge < -0.3 is 16.2 Å². The van der Waals surface area contributed by atoms with Gasteiger partial charge in [0.05, 0.1) is 4.75 Å². The number of rotatable bonds is 6. The van der Waals surface area contributed by atoms with Crippen LogP contribution < -0.4 is 11.1 Å². The molecular formula is C11H18N2O4S. The van der Waals surface area contributed by atoms with Gasteiger partial charge >= 0.3 is 5.97 Å². The Labute approximate surface area is 110 Å². The normalized spacial score (nSPS) is 24.5. The van der Waals surface area contributed by atoms with Gasteiger partial charge in [-0.05, 0) is 31.9 Å². The van der Waals surface area contributed by atoms with Crippen molar-refractivity contribution in [1.82, 2.24) is 5.32 Å². The van der Waals surface area contributed by atoms with Gasteiger partial charge in [-0.1, -0.05) is 0 Å². The van der Waals surface area contributed by atoms with Crippen molar-refractivity contribution in [2.45, 2.75) is 43.4 Å². The summed E-state index contributed by atoms with van der Waals surface area (Å²) in [6.45, 7) is 1.81. The lowest BCUT2D eigenvalue weighted by Crippen LogP contribution is -2.48. The average Bonchev–Trinajstić information content (AvgIpc) is 2.71. The van der Waals surface area contributed by atoms with Gasteiger partial charge in [-0.3, -0.25) is 9.59 Å². The van der Waals surface area contributed by atoms with E-state index in [0.29, 0.717) is 0 Å². The van der Waals surface area contributed by atoms with Crippen LogP contribution in [0.5, 0.6) is 0 Å². The third-order valence-electron chi connectivity index (χ3n) is 2.98. The Balaban J connectivity index is 2.57. The summed E-state index contributed by atoms with van der Waals surface area (Å²) in [7, 11) is 0. The van der Waals surface area contributed by atoms with Crippen LogP contribution in [0.2, 0.25) is 0 Å². The number of nitrogens with one attached hydrogen (secondary N) is 1. The summed E-state index contributed by atoms with van der Waals surface area (Å²) in [4.78, 5) is 33.7. The standard InChI is InChI=1S/C11H18N2O4S/c1-11(5-2-6-18-11)10(17)13-7(9(15)16)3-4-8(12)14/h7H,2-6H2,1H3,(H2,12,14)(H,13,17)(H,15,16)/t7-,11?/m1/s1. The zero-order chi connectivity index (χ0) is 13.8. The first-order chi connectivity index (χ1) is 8.35. The van der Waals surface area contributed by atoms with Crippen LogP contribution in [0.25, 0.3) is 0 Å². The molecule has 1 saturated heterocycles. The fourth-order valence-electron chi connectivity index (χ4n) is 1.81. The molecule has 1 heterocycles. The number of nitrogens with two attached hydrogens (primary N) is 1. The Morgan fingerprint density at radius 1 is 1.50 bits per heavy atom. The molecule has 1 aliphatic heterocycles. The van der Waals surface area contributed by atoms with E-state index in [-0.39, 0.29) is 18.7 Å². The Morgan fingerprint density at radius 2 is 2.17 bits per heavy atom. The monoisotopic (exact) mass is 274 g/mol. The Kier molecular flexibility index (Phi) is 5.01. The van der Waals surface area contributed by atoms with Crippen LogP contribution in [0.3, 0.4) is 0 Å². The number of hydrogen-bond acceptors (Lipinski definition) is 4. The lowest BCUT2D eigenvalue weighted by molar-refractivity contribution is -0.142. The highest BCUT2D eigenvalue weighted by Gasteiger charge is 2.38. The van der Waals surface area contributed by atoms with Gasteiger partial charge in [0.25, 0.3) is 0 Å². The Hall–Kier alpha value is -1.24. The van der Waals surface area contributed by atoms with E-state index in [9.17, 15) is 14.4 Å². The van der Waals surface area contributed by atoms with Gasteiger partial charge in [0.1, 0.15) is 6.04 Å². The lowest BCUT2D eigenvalue weighted by Gasteiger charge is -2.24. The summed E-state index contributed by atoms with van der Waals surface area (Å²) < 4.78 is -0.555. The molecule has 0 aromatic rings. The molecule has 1 rings (SSSR count). The summed E-state index contributed by atoms with van der Waals surface area (Å²) in [5, 5.41) is 11.5. The zero-order valence-electron chi connectivity index (χ0n) is 10.3. The first kappa shape index (κ1) is 14.8. The van der Waals surface area contributed by atoms with Crippen molar-refractivity contribution in [2.75, 3.05) is 5.75 Å². The highest BCUT2D eigenvalue weighted by molar-refractivity contribution is 8.01. The number of primary amides is 1. The Bertz CT molecular complexity index is 353. The molecule has 4 N–H and O–H groups in total. The first-order valence-corrected chi connectivity index (χ1v) is 6.80. The lowest BCUT2D eigenvalue weighted by atomic mass is 10.0. The van der Waals surface area contributed by atoms with Crippen molar-refractivity contribution in [3.05, 3.63) is 0 Å². The number of hydrogen-bond donors (Lipinski definition) is 3. The molecule has 0 bridgehead atoms. The highest BCUT2D eigenvalue weighted by atomic mass is 32.2. The van der Waals surface area contributed by atoms with E-state index >= 15 is 0 Å². The van der Waals surface area contributed by atoms with Gasteiger partial charge in [-0.2, -0.15) is 0 Å². The number of thioether (sulfide) groups is 1. The molecule has 7 heteroatoms. The van der Waals surface area contributed by atoms with E-state index in [2.05, 4.69) is 5.32 Å². The highest BCUT2D eigenvalue weighted by Crippen LogP contribution is 2.37.